The number of carbonyl (C=O) groups is 1. The maximum Gasteiger partial charge on any atom is 0.226 e. The van der Waals surface area contributed by atoms with Gasteiger partial charge in [-0.25, -0.2) is 4.98 Å². The molecule has 1 aromatic carbocycles. The first-order valence-electron chi connectivity index (χ1n) is 11.0. The molecular formula is C24H28N6O. The topological polar surface area (TPSA) is 96.9 Å². The second-order valence-corrected chi connectivity index (χ2v) is 8.58. The smallest absolute Gasteiger partial charge is 0.226 e. The average molecular weight is 417 g/mol. The van der Waals surface area contributed by atoms with E-state index in [4.69, 9.17) is 5.41 Å². The van der Waals surface area contributed by atoms with Gasteiger partial charge in [0.05, 0.1) is 11.1 Å². The fourth-order valence-corrected chi connectivity index (χ4v) is 5.19. The Morgan fingerprint density at radius 3 is 2.81 bits per heavy atom. The molecule has 2 aliphatic rings. The number of benzene rings is 1. The molecule has 2 saturated heterocycles. The molecule has 0 aliphatic carbocycles. The Hall–Kier alpha value is -3.35. The summed E-state index contributed by atoms with van der Waals surface area (Å²) in [5.74, 6) is 0.235. The molecule has 7 nitrogen and oxygen atoms in total. The van der Waals surface area contributed by atoms with Gasteiger partial charge in [-0.1, -0.05) is 6.07 Å². The van der Waals surface area contributed by atoms with Gasteiger partial charge in [0.25, 0.3) is 0 Å². The Morgan fingerprint density at radius 1 is 1.23 bits per heavy atom. The zero-order valence-corrected chi connectivity index (χ0v) is 17.8. The van der Waals surface area contributed by atoms with Crippen LogP contribution in [0.4, 0.5) is 11.4 Å². The minimum atomic E-state index is -0.207. The van der Waals surface area contributed by atoms with Crippen LogP contribution < -0.4 is 15.5 Å². The lowest BCUT2D eigenvalue weighted by Crippen LogP contribution is -2.52. The minimum Gasteiger partial charge on any atom is -0.388 e. The first-order valence-corrected chi connectivity index (χ1v) is 11.0. The predicted octanol–water partition coefficient (Wildman–Crippen LogP) is 3.77. The summed E-state index contributed by atoms with van der Waals surface area (Å²) in [6.07, 6.45) is 9.03. The SMILES string of the molecule is CNc1ccc(-c2cnc3[nH]ccc3c2N2CCC3(CCCNC3=O)CC2)cc1C=N. The Bertz CT molecular complexity index is 1140. The van der Waals surface area contributed by atoms with Crippen LogP contribution in [0.25, 0.3) is 22.2 Å². The van der Waals surface area contributed by atoms with Crippen molar-refractivity contribution < 1.29 is 4.79 Å². The molecule has 0 unspecified atom stereocenters. The van der Waals surface area contributed by atoms with Crippen molar-refractivity contribution in [3.63, 3.8) is 0 Å². The van der Waals surface area contributed by atoms with E-state index in [-0.39, 0.29) is 11.3 Å². The van der Waals surface area contributed by atoms with E-state index in [1.165, 1.54) is 6.21 Å². The number of pyridine rings is 1. The van der Waals surface area contributed by atoms with Gasteiger partial charge in [-0.3, -0.25) is 4.79 Å². The van der Waals surface area contributed by atoms with E-state index >= 15 is 0 Å². The Balaban J connectivity index is 1.55. The molecule has 0 bridgehead atoms. The molecule has 0 atom stereocenters. The second kappa shape index (κ2) is 7.72. The lowest BCUT2D eigenvalue weighted by molar-refractivity contribution is -0.134. The summed E-state index contributed by atoms with van der Waals surface area (Å²) in [5, 5.41) is 15.1. The van der Waals surface area contributed by atoms with Gasteiger partial charge >= 0.3 is 0 Å². The quantitative estimate of drug-likeness (QED) is 0.487. The van der Waals surface area contributed by atoms with Gasteiger partial charge in [-0.2, -0.15) is 0 Å². The zero-order chi connectivity index (χ0) is 21.4. The number of rotatable bonds is 4. The summed E-state index contributed by atoms with van der Waals surface area (Å²) < 4.78 is 0. The van der Waals surface area contributed by atoms with Crippen LogP contribution in [-0.2, 0) is 4.79 Å². The molecule has 5 rings (SSSR count). The fourth-order valence-electron chi connectivity index (χ4n) is 5.19. The van der Waals surface area contributed by atoms with E-state index in [1.54, 1.807) is 0 Å². The summed E-state index contributed by atoms with van der Waals surface area (Å²) in [7, 11) is 1.87. The Kier molecular flexibility index (Phi) is 4.88. The molecule has 3 aromatic rings. The van der Waals surface area contributed by atoms with Gasteiger partial charge in [-0.05, 0) is 49.4 Å². The number of aromatic amines is 1. The van der Waals surface area contributed by atoms with Crippen LogP contribution in [0.15, 0.2) is 36.7 Å². The average Bonchev–Trinajstić information content (AvgIpc) is 3.29. The minimum absolute atomic E-state index is 0.207. The van der Waals surface area contributed by atoms with Crippen molar-refractivity contribution in [2.45, 2.75) is 25.7 Å². The van der Waals surface area contributed by atoms with E-state index in [2.05, 4.69) is 37.6 Å². The van der Waals surface area contributed by atoms with Crippen molar-refractivity contribution in [1.82, 2.24) is 15.3 Å². The van der Waals surface area contributed by atoms with Gasteiger partial charge < -0.3 is 25.9 Å². The van der Waals surface area contributed by atoms with Crippen molar-refractivity contribution in [2.75, 3.05) is 36.9 Å². The number of H-pyrrole nitrogens is 1. The first kappa shape index (κ1) is 19.6. The normalized spacial score (nSPS) is 18.2. The molecule has 1 spiro atoms. The lowest BCUT2D eigenvalue weighted by atomic mass is 9.72. The van der Waals surface area contributed by atoms with Crippen molar-refractivity contribution >= 4 is 34.5 Å². The standard InChI is InChI=1S/C24H28N6O/c1-26-20-4-3-16(13-17(20)14-25)19-15-29-22-18(5-10-27-22)21(19)30-11-7-24(8-12-30)6-2-9-28-23(24)31/h3-5,10,13-15,25-26H,2,6-9,11-12H2,1H3,(H,27,29)(H,28,31). The molecule has 4 N–H and O–H groups in total. The van der Waals surface area contributed by atoms with Crippen molar-refractivity contribution in [1.29, 1.82) is 5.41 Å². The molecule has 160 valence electrons. The summed E-state index contributed by atoms with van der Waals surface area (Å²) in [5.41, 5.74) is 5.69. The van der Waals surface area contributed by atoms with Crippen molar-refractivity contribution in [2.24, 2.45) is 5.41 Å². The monoisotopic (exact) mass is 416 g/mol. The van der Waals surface area contributed by atoms with Crippen LogP contribution in [0.3, 0.4) is 0 Å². The molecule has 2 aliphatic heterocycles. The molecule has 1 amide bonds. The van der Waals surface area contributed by atoms with Crippen molar-refractivity contribution in [3.05, 3.63) is 42.2 Å². The van der Waals surface area contributed by atoms with Gasteiger partial charge in [-0.15, -0.1) is 0 Å². The molecule has 2 fully saturated rings. The molecule has 31 heavy (non-hydrogen) atoms. The van der Waals surface area contributed by atoms with E-state index in [9.17, 15) is 4.79 Å². The largest absolute Gasteiger partial charge is 0.388 e. The van der Waals surface area contributed by atoms with Crippen LogP contribution in [0.1, 0.15) is 31.2 Å². The lowest BCUT2D eigenvalue weighted by Gasteiger charge is -2.44. The Morgan fingerprint density at radius 2 is 2.06 bits per heavy atom. The summed E-state index contributed by atoms with van der Waals surface area (Å²) >= 11 is 0. The number of anilines is 2. The van der Waals surface area contributed by atoms with E-state index in [1.807, 2.05) is 31.6 Å². The predicted molar refractivity (Wildman–Crippen MR) is 125 cm³/mol. The van der Waals surface area contributed by atoms with Gasteiger partial charge in [0.2, 0.25) is 5.91 Å². The Labute approximate surface area is 181 Å². The third-order valence-corrected chi connectivity index (χ3v) is 6.98. The number of nitrogens with zero attached hydrogens (tertiary/aromatic N) is 2. The van der Waals surface area contributed by atoms with E-state index in [0.29, 0.717) is 0 Å². The number of amides is 1. The van der Waals surface area contributed by atoms with E-state index < -0.39 is 0 Å². The van der Waals surface area contributed by atoms with Crippen LogP contribution in [-0.4, -0.2) is 48.8 Å². The van der Waals surface area contributed by atoms with E-state index in [0.717, 1.165) is 84.4 Å². The fraction of sp³-hybridized carbons (Fsp3) is 0.375. The number of hydrogen-bond acceptors (Lipinski definition) is 5. The van der Waals surface area contributed by atoms with Crippen molar-refractivity contribution in [3.8, 4) is 11.1 Å². The van der Waals surface area contributed by atoms with Crippen LogP contribution in [0.5, 0.6) is 0 Å². The number of aromatic nitrogens is 2. The molecule has 7 heteroatoms. The number of fused-ring (bicyclic) bond motifs is 1. The molecule has 2 aromatic heterocycles. The second-order valence-electron chi connectivity index (χ2n) is 8.58. The summed E-state index contributed by atoms with van der Waals surface area (Å²) in [6, 6.07) is 8.21. The zero-order valence-electron chi connectivity index (χ0n) is 17.8. The first-order chi connectivity index (χ1) is 15.1. The van der Waals surface area contributed by atoms with Gasteiger partial charge in [0.15, 0.2) is 0 Å². The van der Waals surface area contributed by atoms with Gasteiger partial charge in [0.1, 0.15) is 5.65 Å². The number of carbonyl (C=O) groups excluding carboxylic acids is 1. The van der Waals surface area contributed by atoms with Crippen LogP contribution in [0, 0.1) is 10.8 Å². The maximum atomic E-state index is 12.6. The highest BCUT2D eigenvalue weighted by Gasteiger charge is 2.43. The number of hydrogen-bond donors (Lipinski definition) is 4. The molecular weight excluding hydrogens is 388 g/mol. The maximum absolute atomic E-state index is 12.6. The highest BCUT2D eigenvalue weighted by molar-refractivity contribution is 6.00. The summed E-state index contributed by atoms with van der Waals surface area (Å²) in [4.78, 5) is 22.9. The third kappa shape index (κ3) is 3.24. The molecule has 0 radical (unpaired) electrons. The highest BCUT2D eigenvalue weighted by atomic mass is 16.2. The molecule has 0 saturated carbocycles. The number of piperidine rings is 2. The van der Waals surface area contributed by atoms with Crippen LogP contribution in [0.2, 0.25) is 0 Å². The highest BCUT2D eigenvalue weighted by Crippen LogP contribution is 2.43. The number of nitrogens with one attached hydrogen (secondary N) is 4. The summed E-state index contributed by atoms with van der Waals surface area (Å²) in [6.45, 7) is 2.49. The third-order valence-electron chi connectivity index (χ3n) is 6.98. The van der Waals surface area contributed by atoms with Crippen LogP contribution >= 0.6 is 0 Å². The molecule has 4 heterocycles. The van der Waals surface area contributed by atoms with Gasteiger partial charge in [0, 0.05) is 67.5 Å².